The SMILES string of the molecule is COc1nc2c(c(N3CCNCC3)n1)CCC1(Cc3ccccc3C1)C2. The molecule has 5 rings (SSSR count). The van der Waals surface area contributed by atoms with Crippen LogP contribution in [0.15, 0.2) is 24.3 Å². The summed E-state index contributed by atoms with van der Waals surface area (Å²) in [6.45, 7) is 4.03. The Labute approximate surface area is 154 Å². The van der Waals surface area contributed by atoms with E-state index >= 15 is 0 Å². The zero-order valence-corrected chi connectivity index (χ0v) is 15.4. The van der Waals surface area contributed by atoms with E-state index in [0.717, 1.165) is 44.8 Å². The van der Waals surface area contributed by atoms with E-state index in [1.54, 1.807) is 7.11 Å². The van der Waals surface area contributed by atoms with Crippen molar-refractivity contribution in [3.05, 3.63) is 46.6 Å². The summed E-state index contributed by atoms with van der Waals surface area (Å²) < 4.78 is 5.46. The van der Waals surface area contributed by atoms with Gasteiger partial charge in [-0.05, 0) is 48.6 Å². The zero-order valence-electron chi connectivity index (χ0n) is 15.4. The second-order valence-electron chi connectivity index (χ2n) is 8.00. The quantitative estimate of drug-likeness (QED) is 0.900. The van der Waals surface area contributed by atoms with Gasteiger partial charge in [-0.15, -0.1) is 0 Å². The van der Waals surface area contributed by atoms with Gasteiger partial charge in [0.05, 0.1) is 12.8 Å². The van der Waals surface area contributed by atoms with Gasteiger partial charge < -0.3 is 15.0 Å². The van der Waals surface area contributed by atoms with Gasteiger partial charge in [0.1, 0.15) is 5.82 Å². The van der Waals surface area contributed by atoms with E-state index in [2.05, 4.69) is 34.5 Å². The summed E-state index contributed by atoms with van der Waals surface area (Å²) in [7, 11) is 1.67. The van der Waals surface area contributed by atoms with Crippen LogP contribution in [-0.2, 0) is 25.7 Å². The lowest BCUT2D eigenvalue weighted by atomic mass is 9.71. The van der Waals surface area contributed by atoms with Gasteiger partial charge in [0.15, 0.2) is 0 Å². The van der Waals surface area contributed by atoms with Crippen molar-refractivity contribution in [1.82, 2.24) is 15.3 Å². The highest BCUT2D eigenvalue weighted by Crippen LogP contribution is 2.47. The van der Waals surface area contributed by atoms with Crippen LogP contribution in [-0.4, -0.2) is 43.3 Å². The molecule has 0 amide bonds. The molecule has 5 nitrogen and oxygen atoms in total. The van der Waals surface area contributed by atoms with Crippen LogP contribution in [0.5, 0.6) is 6.01 Å². The molecular weight excluding hydrogens is 324 g/mol. The van der Waals surface area contributed by atoms with Gasteiger partial charge in [0.2, 0.25) is 0 Å². The number of nitrogens with zero attached hydrogens (tertiary/aromatic N) is 3. The molecule has 1 aromatic heterocycles. The van der Waals surface area contributed by atoms with Crippen molar-refractivity contribution in [2.45, 2.75) is 32.1 Å². The molecule has 0 atom stereocenters. The lowest BCUT2D eigenvalue weighted by molar-refractivity contribution is 0.255. The summed E-state index contributed by atoms with van der Waals surface area (Å²) in [4.78, 5) is 11.9. The lowest BCUT2D eigenvalue weighted by Gasteiger charge is -2.37. The van der Waals surface area contributed by atoms with Crippen molar-refractivity contribution < 1.29 is 4.74 Å². The van der Waals surface area contributed by atoms with Crippen molar-refractivity contribution in [3.63, 3.8) is 0 Å². The Balaban J connectivity index is 1.50. The maximum Gasteiger partial charge on any atom is 0.318 e. The fourth-order valence-corrected chi connectivity index (χ4v) is 5.04. The van der Waals surface area contributed by atoms with Gasteiger partial charge >= 0.3 is 6.01 Å². The predicted octanol–water partition coefficient (Wildman–Crippen LogP) is 2.17. The molecule has 2 aliphatic carbocycles. The van der Waals surface area contributed by atoms with Gasteiger partial charge in [-0.2, -0.15) is 9.97 Å². The van der Waals surface area contributed by atoms with Gasteiger partial charge in [-0.25, -0.2) is 0 Å². The number of piperazine rings is 1. The first-order valence-corrected chi connectivity index (χ1v) is 9.73. The Morgan fingerprint density at radius 1 is 1.04 bits per heavy atom. The van der Waals surface area contributed by atoms with Crippen molar-refractivity contribution in [2.24, 2.45) is 5.41 Å². The van der Waals surface area contributed by atoms with E-state index in [4.69, 9.17) is 14.7 Å². The van der Waals surface area contributed by atoms with Gasteiger partial charge in [0, 0.05) is 31.7 Å². The summed E-state index contributed by atoms with van der Waals surface area (Å²) in [5.74, 6) is 1.11. The number of ether oxygens (including phenoxy) is 1. The van der Waals surface area contributed by atoms with Crippen LogP contribution in [0.2, 0.25) is 0 Å². The van der Waals surface area contributed by atoms with Crippen molar-refractivity contribution >= 4 is 5.82 Å². The second-order valence-corrected chi connectivity index (χ2v) is 8.00. The predicted molar refractivity (Wildman–Crippen MR) is 102 cm³/mol. The molecule has 0 unspecified atom stereocenters. The molecule has 0 bridgehead atoms. The number of fused-ring (bicyclic) bond motifs is 2. The topological polar surface area (TPSA) is 50.3 Å². The average Bonchev–Trinajstić information content (AvgIpc) is 3.04. The third-order valence-corrected chi connectivity index (χ3v) is 6.35. The molecule has 1 N–H and O–H groups in total. The van der Waals surface area contributed by atoms with E-state index in [-0.39, 0.29) is 0 Å². The third kappa shape index (κ3) is 2.65. The first kappa shape index (κ1) is 16.1. The number of nitrogens with one attached hydrogen (secondary N) is 1. The van der Waals surface area contributed by atoms with Crippen LogP contribution in [0.3, 0.4) is 0 Å². The van der Waals surface area contributed by atoms with Gasteiger partial charge in [-0.1, -0.05) is 24.3 Å². The van der Waals surface area contributed by atoms with E-state index in [1.807, 2.05) is 0 Å². The fourth-order valence-electron chi connectivity index (χ4n) is 5.04. The van der Waals surface area contributed by atoms with Crippen molar-refractivity contribution in [2.75, 3.05) is 38.2 Å². The Morgan fingerprint density at radius 2 is 1.77 bits per heavy atom. The maximum atomic E-state index is 5.46. The van der Waals surface area contributed by atoms with Crippen molar-refractivity contribution in [3.8, 4) is 6.01 Å². The molecule has 1 fully saturated rings. The minimum absolute atomic E-state index is 0.330. The van der Waals surface area contributed by atoms with Crippen LogP contribution >= 0.6 is 0 Å². The molecular formula is C21H26N4O. The fraction of sp³-hybridized carbons (Fsp3) is 0.524. The summed E-state index contributed by atoms with van der Waals surface area (Å²) in [6, 6.07) is 9.45. The minimum atomic E-state index is 0.330. The molecule has 1 aliphatic heterocycles. The minimum Gasteiger partial charge on any atom is -0.467 e. The highest BCUT2D eigenvalue weighted by Gasteiger charge is 2.41. The number of hydrogen-bond donors (Lipinski definition) is 1. The molecule has 3 aliphatic rings. The molecule has 0 saturated carbocycles. The van der Waals surface area contributed by atoms with Crippen LogP contribution in [0.4, 0.5) is 5.82 Å². The number of rotatable bonds is 2. The smallest absolute Gasteiger partial charge is 0.318 e. The van der Waals surface area contributed by atoms with Crippen molar-refractivity contribution in [1.29, 1.82) is 0 Å². The Hall–Kier alpha value is -2.14. The molecule has 136 valence electrons. The Morgan fingerprint density at radius 3 is 2.46 bits per heavy atom. The van der Waals surface area contributed by atoms with Crippen LogP contribution in [0.25, 0.3) is 0 Å². The first-order valence-electron chi connectivity index (χ1n) is 9.73. The maximum absolute atomic E-state index is 5.46. The molecule has 1 aromatic carbocycles. The largest absolute Gasteiger partial charge is 0.467 e. The highest BCUT2D eigenvalue weighted by molar-refractivity contribution is 5.52. The molecule has 1 spiro atoms. The number of methoxy groups -OCH3 is 1. The molecule has 1 saturated heterocycles. The van der Waals surface area contributed by atoms with Crippen LogP contribution in [0.1, 0.15) is 28.8 Å². The summed E-state index contributed by atoms with van der Waals surface area (Å²) in [5, 5.41) is 3.43. The molecule has 26 heavy (non-hydrogen) atoms. The monoisotopic (exact) mass is 350 g/mol. The Bertz CT molecular complexity index is 804. The van der Waals surface area contributed by atoms with Gasteiger partial charge in [0.25, 0.3) is 0 Å². The number of anilines is 1. The third-order valence-electron chi connectivity index (χ3n) is 6.35. The second kappa shape index (κ2) is 6.23. The standard InChI is InChI=1S/C21H26N4O/c1-26-20-23-18-14-21(12-15-4-2-3-5-16(15)13-21)7-6-17(18)19(24-20)25-10-8-22-9-11-25/h2-5,22H,6-14H2,1H3. The van der Waals surface area contributed by atoms with E-state index in [1.165, 1.54) is 41.6 Å². The molecule has 5 heteroatoms. The first-order chi connectivity index (χ1) is 12.8. The highest BCUT2D eigenvalue weighted by atomic mass is 16.5. The molecule has 2 aromatic rings. The number of aromatic nitrogens is 2. The van der Waals surface area contributed by atoms with E-state index < -0.39 is 0 Å². The van der Waals surface area contributed by atoms with Crippen LogP contribution in [0, 0.1) is 5.41 Å². The number of benzene rings is 1. The summed E-state index contributed by atoms with van der Waals surface area (Å²) >= 11 is 0. The number of hydrogen-bond acceptors (Lipinski definition) is 5. The normalized spacial score (nSPS) is 20.7. The molecule has 2 heterocycles. The van der Waals surface area contributed by atoms with E-state index in [9.17, 15) is 0 Å². The zero-order chi connectivity index (χ0) is 17.6. The summed E-state index contributed by atoms with van der Waals surface area (Å²) in [5.41, 5.74) is 5.95. The average molecular weight is 350 g/mol. The van der Waals surface area contributed by atoms with Gasteiger partial charge in [-0.3, -0.25) is 0 Å². The summed E-state index contributed by atoms with van der Waals surface area (Å²) in [6.07, 6.45) is 5.70. The molecule has 0 radical (unpaired) electrons. The Kier molecular flexibility index (Phi) is 3.85. The lowest BCUT2D eigenvalue weighted by Crippen LogP contribution is -2.45. The van der Waals surface area contributed by atoms with E-state index in [0.29, 0.717) is 11.4 Å². The van der Waals surface area contributed by atoms with Crippen LogP contribution < -0.4 is 15.0 Å².